The molecule has 2 aromatic carbocycles. The van der Waals surface area contributed by atoms with Gasteiger partial charge in [-0.2, -0.15) is 5.26 Å². The van der Waals surface area contributed by atoms with Gasteiger partial charge in [-0.3, -0.25) is 0 Å². The zero-order valence-corrected chi connectivity index (χ0v) is 15.0. The number of rotatable bonds is 7. The molecule has 2 N–H and O–H groups in total. The number of nitrogens with one attached hydrogen (secondary N) is 2. The topological polar surface area (TPSA) is 60.8 Å². The van der Waals surface area contributed by atoms with Crippen molar-refractivity contribution in [3.8, 4) is 11.8 Å². The Labute approximate surface area is 153 Å². The highest BCUT2D eigenvalue weighted by atomic mass is 16.5. The number of nitrogens with zero attached hydrogens (tertiary/aromatic N) is 1. The monoisotopic (exact) mass is 345 g/mol. The van der Waals surface area contributed by atoms with E-state index in [0.29, 0.717) is 11.8 Å². The second-order valence-electron chi connectivity index (χ2n) is 7.02. The van der Waals surface area contributed by atoms with Crippen LogP contribution in [-0.2, 0) is 6.42 Å². The minimum atomic E-state index is 0.599. The van der Waals surface area contributed by atoms with Crippen molar-refractivity contribution in [2.75, 3.05) is 20.2 Å². The van der Waals surface area contributed by atoms with Crippen LogP contribution >= 0.6 is 0 Å². The van der Waals surface area contributed by atoms with Crippen molar-refractivity contribution in [1.82, 2.24) is 10.3 Å². The normalized spacial score (nSPS) is 18.6. The molecule has 0 bridgehead atoms. The second-order valence-corrected chi connectivity index (χ2v) is 7.02. The van der Waals surface area contributed by atoms with Crippen LogP contribution in [0.5, 0.6) is 5.75 Å². The largest absolute Gasteiger partial charge is 0.497 e. The predicted molar refractivity (Wildman–Crippen MR) is 103 cm³/mol. The van der Waals surface area contributed by atoms with Gasteiger partial charge in [-0.15, -0.1) is 0 Å². The minimum Gasteiger partial charge on any atom is -0.497 e. The highest BCUT2D eigenvalue weighted by Crippen LogP contribution is 2.49. The fraction of sp³-hybridized carbons (Fsp3) is 0.318. The molecule has 1 fully saturated rings. The lowest BCUT2D eigenvalue weighted by atomic mass is 10.1. The van der Waals surface area contributed by atoms with Gasteiger partial charge in [0.25, 0.3) is 0 Å². The highest BCUT2D eigenvalue weighted by molar-refractivity contribution is 5.85. The number of aromatic nitrogens is 1. The molecular weight excluding hydrogens is 322 g/mol. The van der Waals surface area contributed by atoms with Crippen molar-refractivity contribution in [3.63, 3.8) is 0 Å². The molecule has 1 aliphatic rings. The van der Waals surface area contributed by atoms with Crippen molar-refractivity contribution in [3.05, 3.63) is 65.4 Å². The zero-order valence-electron chi connectivity index (χ0n) is 15.0. The Morgan fingerprint density at radius 3 is 3.04 bits per heavy atom. The van der Waals surface area contributed by atoms with Gasteiger partial charge in [0, 0.05) is 17.1 Å². The molecule has 0 saturated heterocycles. The first-order valence-corrected chi connectivity index (χ1v) is 9.13. The molecule has 0 radical (unpaired) electrons. The molecule has 4 nitrogen and oxygen atoms in total. The lowest BCUT2D eigenvalue weighted by molar-refractivity contribution is 0.414. The first kappa shape index (κ1) is 16.7. The summed E-state index contributed by atoms with van der Waals surface area (Å²) in [5, 5.41) is 13.9. The van der Waals surface area contributed by atoms with E-state index in [2.05, 4.69) is 34.7 Å². The van der Waals surface area contributed by atoms with Crippen LogP contribution in [0, 0.1) is 17.2 Å². The molecule has 1 aliphatic carbocycles. The maximum atomic E-state index is 9.12. The highest BCUT2D eigenvalue weighted by Gasteiger charge is 2.39. The van der Waals surface area contributed by atoms with Crippen LogP contribution in [0.25, 0.3) is 10.9 Å². The zero-order chi connectivity index (χ0) is 17.9. The van der Waals surface area contributed by atoms with Gasteiger partial charge in [0.15, 0.2) is 0 Å². The Hall–Kier alpha value is -2.77. The molecule has 4 heteroatoms. The van der Waals surface area contributed by atoms with Crippen LogP contribution in [0.1, 0.15) is 29.0 Å². The molecule has 0 spiro atoms. The van der Waals surface area contributed by atoms with Gasteiger partial charge in [0.1, 0.15) is 5.75 Å². The van der Waals surface area contributed by atoms with Gasteiger partial charge < -0.3 is 15.0 Å². The Kier molecular flexibility index (Phi) is 4.64. The number of aromatic amines is 1. The fourth-order valence-electron chi connectivity index (χ4n) is 3.72. The maximum Gasteiger partial charge on any atom is 0.119 e. The molecule has 2 atom stereocenters. The number of hydrogen-bond acceptors (Lipinski definition) is 3. The molecule has 0 amide bonds. The summed E-state index contributed by atoms with van der Waals surface area (Å²) in [5.74, 6) is 2.20. The maximum absolute atomic E-state index is 9.12. The Bertz CT molecular complexity index is 953. The van der Waals surface area contributed by atoms with E-state index in [1.54, 1.807) is 7.11 Å². The Morgan fingerprint density at radius 1 is 1.27 bits per heavy atom. The van der Waals surface area contributed by atoms with E-state index in [1.807, 2.05) is 30.3 Å². The van der Waals surface area contributed by atoms with Crippen LogP contribution in [-0.4, -0.2) is 25.2 Å². The molecular formula is C22H23N3O. The van der Waals surface area contributed by atoms with E-state index < -0.39 is 0 Å². The van der Waals surface area contributed by atoms with Gasteiger partial charge >= 0.3 is 0 Å². The SMILES string of the molecule is COc1cccc(CCNCC2CC2c2c[nH]c3ccc(C#N)cc23)c1. The summed E-state index contributed by atoms with van der Waals surface area (Å²) in [6.45, 7) is 2.02. The van der Waals surface area contributed by atoms with Crippen molar-refractivity contribution < 1.29 is 4.74 Å². The summed E-state index contributed by atoms with van der Waals surface area (Å²) in [4.78, 5) is 3.34. The summed E-state index contributed by atoms with van der Waals surface area (Å²) in [6.07, 6.45) is 4.34. The number of fused-ring (bicyclic) bond motifs is 1. The summed E-state index contributed by atoms with van der Waals surface area (Å²) >= 11 is 0. The van der Waals surface area contributed by atoms with Crippen LogP contribution in [0.2, 0.25) is 0 Å². The van der Waals surface area contributed by atoms with Crippen molar-refractivity contribution in [2.24, 2.45) is 5.92 Å². The lowest BCUT2D eigenvalue weighted by Crippen LogP contribution is -2.20. The van der Waals surface area contributed by atoms with Crippen molar-refractivity contribution in [1.29, 1.82) is 5.26 Å². The summed E-state index contributed by atoms with van der Waals surface area (Å²) < 4.78 is 5.27. The Morgan fingerprint density at radius 2 is 2.19 bits per heavy atom. The van der Waals surface area contributed by atoms with E-state index in [9.17, 15) is 0 Å². The first-order valence-electron chi connectivity index (χ1n) is 9.13. The molecule has 2 unspecified atom stereocenters. The molecule has 3 aromatic rings. The standard InChI is InChI=1S/C22H23N3O/c1-26-18-4-2-3-15(9-18)7-8-24-13-17-11-19(17)21-14-25-22-6-5-16(12-23)10-20(21)22/h2-6,9-10,14,17,19,24-25H,7-8,11,13H2,1H3. The van der Waals surface area contributed by atoms with E-state index in [4.69, 9.17) is 10.00 Å². The molecule has 4 rings (SSSR count). The van der Waals surface area contributed by atoms with Crippen molar-refractivity contribution in [2.45, 2.75) is 18.8 Å². The van der Waals surface area contributed by atoms with Crippen LogP contribution < -0.4 is 10.1 Å². The number of benzene rings is 2. The second kappa shape index (κ2) is 7.23. The van der Waals surface area contributed by atoms with Gasteiger partial charge in [-0.25, -0.2) is 0 Å². The third kappa shape index (κ3) is 3.44. The van der Waals surface area contributed by atoms with Gasteiger partial charge in [0.2, 0.25) is 0 Å². The molecule has 0 aliphatic heterocycles. The number of nitriles is 1. The number of ether oxygens (including phenoxy) is 1. The van der Waals surface area contributed by atoms with Crippen LogP contribution in [0.15, 0.2) is 48.7 Å². The first-order chi connectivity index (χ1) is 12.8. The Balaban J connectivity index is 1.30. The van der Waals surface area contributed by atoms with E-state index in [1.165, 1.54) is 22.9 Å². The van der Waals surface area contributed by atoms with Crippen LogP contribution in [0.3, 0.4) is 0 Å². The third-order valence-corrected chi connectivity index (χ3v) is 5.30. The van der Waals surface area contributed by atoms with Crippen LogP contribution in [0.4, 0.5) is 0 Å². The molecule has 132 valence electrons. The summed E-state index contributed by atoms with van der Waals surface area (Å²) in [6, 6.07) is 16.4. The van der Waals surface area contributed by atoms with E-state index in [0.717, 1.165) is 36.3 Å². The van der Waals surface area contributed by atoms with E-state index >= 15 is 0 Å². The summed E-state index contributed by atoms with van der Waals surface area (Å²) in [5.41, 5.74) is 4.50. The molecule has 26 heavy (non-hydrogen) atoms. The predicted octanol–water partition coefficient (Wildman–Crippen LogP) is 3.98. The van der Waals surface area contributed by atoms with Gasteiger partial charge in [-0.1, -0.05) is 12.1 Å². The quantitative estimate of drug-likeness (QED) is 0.637. The molecule has 1 aromatic heterocycles. The van der Waals surface area contributed by atoms with E-state index in [-0.39, 0.29) is 0 Å². The van der Waals surface area contributed by atoms with Gasteiger partial charge in [-0.05, 0) is 79.2 Å². The number of H-pyrrole nitrogens is 1. The fourth-order valence-corrected chi connectivity index (χ4v) is 3.72. The molecule has 1 saturated carbocycles. The average molecular weight is 345 g/mol. The average Bonchev–Trinajstić information content (AvgIpc) is 3.33. The van der Waals surface area contributed by atoms with Gasteiger partial charge in [0.05, 0.1) is 18.7 Å². The number of hydrogen-bond donors (Lipinski definition) is 2. The third-order valence-electron chi connectivity index (χ3n) is 5.30. The number of methoxy groups -OCH3 is 1. The lowest BCUT2D eigenvalue weighted by Gasteiger charge is -2.06. The minimum absolute atomic E-state index is 0.599. The smallest absolute Gasteiger partial charge is 0.119 e. The summed E-state index contributed by atoms with van der Waals surface area (Å²) in [7, 11) is 1.70. The molecule has 1 heterocycles. The van der Waals surface area contributed by atoms with Crippen molar-refractivity contribution >= 4 is 10.9 Å².